The molecule has 8 heteroatoms. The topological polar surface area (TPSA) is 71.1 Å². The second-order valence-electron chi connectivity index (χ2n) is 4.67. The lowest BCUT2D eigenvalue weighted by Gasteiger charge is -2.22. The Morgan fingerprint density at radius 3 is 1.42 bits per heavy atom. The lowest BCUT2D eigenvalue weighted by atomic mass is 10.2. The third-order valence-electron chi connectivity index (χ3n) is 3.09. The summed E-state index contributed by atoms with van der Waals surface area (Å²) in [6.07, 6.45) is 1.02. The van der Waals surface area contributed by atoms with Crippen LogP contribution in [0.15, 0.2) is 36.4 Å². The molecule has 0 bridgehead atoms. The first kappa shape index (κ1) is 15.7. The SMILES string of the molecule is O=Cc1ccc2c(c1)OC(F)Oc1ccc(C=O)cc1OC(F)O2. The minimum absolute atomic E-state index is 0.175. The summed E-state index contributed by atoms with van der Waals surface area (Å²) >= 11 is 0. The number of aldehydes is 2. The van der Waals surface area contributed by atoms with Gasteiger partial charge in [0.2, 0.25) is 0 Å². The van der Waals surface area contributed by atoms with Crippen LogP contribution in [0.4, 0.5) is 8.78 Å². The van der Waals surface area contributed by atoms with Crippen LogP contribution in [-0.2, 0) is 0 Å². The molecule has 1 aliphatic rings. The van der Waals surface area contributed by atoms with E-state index in [9.17, 15) is 18.4 Å². The largest absolute Gasteiger partial charge is 0.425 e. The maximum atomic E-state index is 14.0. The van der Waals surface area contributed by atoms with E-state index < -0.39 is 13.1 Å². The summed E-state index contributed by atoms with van der Waals surface area (Å²) in [5, 5.41) is 0. The predicted octanol–water partition coefficient (Wildman–Crippen LogP) is 3.05. The fourth-order valence-electron chi connectivity index (χ4n) is 2.02. The average Bonchev–Trinajstić information content (AvgIpc) is 2.57. The molecule has 6 nitrogen and oxygen atoms in total. The van der Waals surface area contributed by atoms with Crippen LogP contribution >= 0.6 is 0 Å². The molecule has 2 aromatic carbocycles. The number of carbonyl (C=O) groups excluding carboxylic acids is 2. The van der Waals surface area contributed by atoms with E-state index in [0.29, 0.717) is 12.6 Å². The van der Waals surface area contributed by atoms with Gasteiger partial charge in [-0.05, 0) is 36.4 Å². The number of alkyl halides is 2. The van der Waals surface area contributed by atoms with E-state index in [-0.39, 0.29) is 34.1 Å². The molecule has 1 aliphatic heterocycles. The van der Waals surface area contributed by atoms with Crippen molar-refractivity contribution in [3.05, 3.63) is 47.5 Å². The van der Waals surface area contributed by atoms with Gasteiger partial charge in [0.25, 0.3) is 0 Å². The van der Waals surface area contributed by atoms with Crippen molar-refractivity contribution in [3.63, 3.8) is 0 Å². The molecule has 0 radical (unpaired) electrons. The zero-order valence-corrected chi connectivity index (χ0v) is 12.0. The van der Waals surface area contributed by atoms with Crippen molar-refractivity contribution >= 4 is 12.6 Å². The zero-order valence-electron chi connectivity index (χ0n) is 12.0. The van der Waals surface area contributed by atoms with E-state index in [1.54, 1.807) is 0 Å². The Morgan fingerprint density at radius 1 is 0.667 bits per heavy atom. The highest BCUT2D eigenvalue weighted by molar-refractivity contribution is 5.77. The number of ether oxygens (including phenoxy) is 4. The van der Waals surface area contributed by atoms with Crippen molar-refractivity contribution < 1.29 is 37.3 Å². The smallest absolute Gasteiger partial charge is 0.397 e. The van der Waals surface area contributed by atoms with Crippen molar-refractivity contribution in [2.45, 2.75) is 13.1 Å². The second kappa shape index (κ2) is 6.53. The van der Waals surface area contributed by atoms with Gasteiger partial charge in [-0.1, -0.05) is 0 Å². The fourth-order valence-corrected chi connectivity index (χ4v) is 2.02. The van der Waals surface area contributed by atoms with Gasteiger partial charge < -0.3 is 18.9 Å². The van der Waals surface area contributed by atoms with Gasteiger partial charge in [0, 0.05) is 11.1 Å². The summed E-state index contributed by atoms with van der Waals surface area (Å²) < 4.78 is 47.7. The summed E-state index contributed by atoms with van der Waals surface area (Å²) in [7, 11) is 0. The molecular weight excluding hydrogens is 326 g/mol. The maximum Gasteiger partial charge on any atom is 0.397 e. The van der Waals surface area contributed by atoms with Gasteiger partial charge >= 0.3 is 13.1 Å². The highest BCUT2D eigenvalue weighted by Crippen LogP contribution is 2.36. The molecule has 124 valence electrons. The van der Waals surface area contributed by atoms with Crippen LogP contribution in [0.5, 0.6) is 23.0 Å². The van der Waals surface area contributed by atoms with Crippen molar-refractivity contribution in [3.8, 4) is 23.0 Å². The van der Waals surface area contributed by atoms with Gasteiger partial charge in [-0.3, -0.25) is 9.59 Å². The van der Waals surface area contributed by atoms with Crippen LogP contribution in [-0.4, -0.2) is 25.7 Å². The number of hydrogen-bond donors (Lipinski definition) is 0. The summed E-state index contributed by atoms with van der Waals surface area (Å²) in [4.78, 5) is 21.6. The minimum atomic E-state index is -2.28. The molecule has 2 unspecified atom stereocenters. The Hall–Kier alpha value is -3.16. The van der Waals surface area contributed by atoms with Crippen molar-refractivity contribution in [1.82, 2.24) is 0 Å². The quantitative estimate of drug-likeness (QED) is 0.785. The van der Waals surface area contributed by atoms with Gasteiger partial charge in [-0.2, -0.15) is 8.78 Å². The molecule has 0 aromatic heterocycles. The first-order valence-corrected chi connectivity index (χ1v) is 6.72. The first-order chi connectivity index (χ1) is 11.6. The van der Waals surface area contributed by atoms with E-state index in [0.717, 1.165) is 0 Å². The number of benzene rings is 2. The molecule has 0 aliphatic carbocycles. The molecular formula is C16H10F2O6. The van der Waals surface area contributed by atoms with Gasteiger partial charge in [-0.25, -0.2) is 0 Å². The molecule has 0 N–H and O–H groups in total. The Balaban J connectivity index is 1.98. The fraction of sp³-hybridized carbons (Fsp3) is 0.125. The van der Waals surface area contributed by atoms with Gasteiger partial charge in [-0.15, -0.1) is 0 Å². The Bertz CT molecular complexity index is 714. The molecule has 0 saturated heterocycles. The molecule has 3 rings (SSSR count). The van der Waals surface area contributed by atoms with Gasteiger partial charge in [0.15, 0.2) is 23.0 Å². The molecule has 0 fully saturated rings. The average molecular weight is 336 g/mol. The van der Waals surface area contributed by atoms with Gasteiger partial charge in [0.1, 0.15) is 12.6 Å². The molecule has 1 heterocycles. The van der Waals surface area contributed by atoms with Crippen LogP contribution in [0.2, 0.25) is 0 Å². The molecule has 0 spiro atoms. The molecule has 0 amide bonds. The lowest BCUT2D eigenvalue weighted by Crippen LogP contribution is -2.24. The molecule has 2 atom stereocenters. The lowest BCUT2D eigenvalue weighted by molar-refractivity contribution is -0.129. The second-order valence-corrected chi connectivity index (χ2v) is 4.67. The van der Waals surface area contributed by atoms with Crippen LogP contribution < -0.4 is 18.9 Å². The molecule has 24 heavy (non-hydrogen) atoms. The number of rotatable bonds is 2. The normalized spacial score (nSPS) is 19.2. The number of carbonyl (C=O) groups is 2. The minimum Gasteiger partial charge on any atom is -0.425 e. The zero-order chi connectivity index (χ0) is 17.1. The third-order valence-corrected chi connectivity index (χ3v) is 3.09. The van der Waals surface area contributed by atoms with Crippen LogP contribution in [0, 0.1) is 0 Å². The van der Waals surface area contributed by atoms with Crippen molar-refractivity contribution in [2.75, 3.05) is 0 Å². The van der Waals surface area contributed by atoms with Crippen LogP contribution in [0.25, 0.3) is 0 Å². The highest BCUT2D eigenvalue weighted by atomic mass is 19.2. The number of fused-ring (bicyclic) bond motifs is 2. The predicted molar refractivity (Wildman–Crippen MR) is 76.0 cm³/mol. The maximum absolute atomic E-state index is 14.0. The molecule has 2 aromatic rings. The number of hydrogen-bond acceptors (Lipinski definition) is 6. The Labute approximate surface area is 134 Å². The van der Waals surface area contributed by atoms with E-state index >= 15 is 0 Å². The van der Waals surface area contributed by atoms with Crippen molar-refractivity contribution in [2.24, 2.45) is 0 Å². The van der Waals surface area contributed by atoms with E-state index in [1.807, 2.05) is 0 Å². The highest BCUT2D eigenvalue weighted by Gasteiger charge is 2.23. The molecule has 0 saturated carbocycles. The van der Waals surface area contributed by atoms with E-state index in [2.05, 4.69) is 0 Å². The Morgan fingerprint density at radius 2 is 1.04 bits per heavy atom. The summed E-state index contributed by atoms with van der Waals surface area (Å²) in [6, 6.07) is 7.46. The standard InChI is InChI=1S/C16H10F2O6/c17-15-21-11-3-1-9(7-19)5-13(11)23-16(18)22-12-4-2-10(8-20)6-14(12)24-15/h1-8,15-16H. The first-order valence-electron chi connectivity index (χ1n) is 6.72. The Kier molecular flexibility index (Phi) is 4.28. The third kappa shape index (κ3) is 3.27. The monoisotopic (exact) mass is 336 g/mol. The van der Waals surface area contributed by atoms with Gasteiger partial charge in [0.05, 0.1) is 0 Å². The summed E-state index contributed by atoms with van der Waals surface area (Å²) in [5.41, 5.74) is 0.350. The van der Waals surface area contributed by atoms with Crippen LogP contribution in [0.3, 0.4) is 0 Å². The van der Waals surface area contributed by atoms with E-state index in [1.165, 1.54) is 36.4 Å². The van der Waals surface area contributed by atoms with Crippen molar-refractivity contribution in [1.29, 1.82) is 0 Å². The summed E-state index contributed by atoms with van der Waals surface area (Å²) in [5.74, 6) is -0.832. The summed E-state index contributed by atoms with van der Waals surface area (Å²) in [6.45, 7) is -4.57. The van der Waals surface area contributed by atoms with E-state index in [4.69, 9.17) is 18.9 Å². The number of halogens is 2. The van der Waals surface area contributed by atoms with Crippen LogP contribution in [0.1, 0.15) is 20.7 Å².